The van der Waals surface area contributed by atoms with Gasteiger partial charge in [-0.3, -0.25) is 4.79 Å². The van der Waals surface area contributed by atoms with Gasteiger partial charge in [0.1, 0.15) is 5.78 Å². The molecule has 1 aliphatic rings. The summed E-state index contributed by atoms with van der Waals surface area (Å²) in [6, 6.07) is 0. The van der Waals surface area contributed by atoms with E-state index in [9.17, 15) is 9.90 Å². The van der Waals surface area contributed by atoms with Gasteiger partial charge in [-0.1, -0.05) is 46.5 Å². The Morgan fingerprint density at radius 2 is 1.95 bits per heavy atom. The molecule has 0 aliphatic heterocycles. The van der Waals surface area contributed by atoms with Crippen molar-refractivity contribution in [3.8, 4) is 0 Å². The van der Waals surface area contributed by atoms with E-state index in [0.29, 0.717) is 35.8 Å². The first-order valence-electron chi connectivity index (χ1n) is 9.29. The quantitative estimate of drug-likeness (QED) is 0.441. The molecule has 1 N–H and O–H groups in total. The molecular formula is C19H35ClO2. The molecule has 22 heavy (non-hydrogen) atoms. The van der Waals surface area contributed by atoms with Crippen LogP contribution in [0.15, 0.2) is 0 Å². The molecular weight excluding hydrogens is 296 g/mol. The van der Waals surface area contributed by atoms with Crippen molar-refractivity contribution in [1.29, 1.82) is 0 Å². The Labute approximate surface area is 142 Å². The van der Waals surface area contributed by atoms with Crippen LogP contribution in [0.5, 0.6) is 0 Å². The number of aliphatic hydroxyl groups is 1. The number of Topliss-reactive ketones (excluding diaryl/α,β-unsaturated/α-hetero) is 1. The van der Waals surface area contributed by atoms with Crippen molar-refractivity contribution < 1.29 is 9.90 Å². The highest BCUT2D eigenvalue weighted by molar-refractivity contribution is 6.17. The Kier molecular flexibility index (Phi) is 9.66. The van der Waals surface area contributed by atoms with Gasteiger partial charge in [-0.05, 0) is 43.4 Å². The summed E-state index contributed by atoms with van der Waals surface area (Å²) in [6.45, 7) is 6.69. The number of halogens is 1. The van der Waals surface area contributed by atoms with Gasteiger partial charge in [0.25, 0.3) is 0 Å². The molecule has 4 atom stereocenters. The number of hydrogen-bond acceptors (Lipinski definition) is 2. The molecule has 130 valence electrons. The lowest BCUT2D eigenvalue weighted by molar-refractivity contribution is -0.135. The van der Waals surface area contributed by atoms with Crippen LogP contribution in [-0.2, 0) is 4.79 Å². The van der Waals surface area contributed by atoms with Gasteiger partial charge in [0.15, 0.2) is 0 Å². The molecule has 1 fully saturated rings. The largest absolute Gasteiger partial charge is 0.392 e. The number of aliphatic hydroxyl groups excluding tert-OH is 1. The van der Waals surface area contributed by atoms with Gasteiger partial charge in [0.2, 0.25) is 0 Å². The molecule has 0 radical (unpaired) electrons. The normalized spacial score (nSPS) is 27.4. The second-order valence-corrected chi connectivity index (χ2v) is 7.73. The second kappa shape index (κ2) is 10.6. The summed E-state index contributed by atoms with van der Waals surface area (Å²) in [6.07, 6.45) is 8.44. The predicted molar refractivity (Wildman–Crippen MR) is 94.3 cm³/mol. The van der Waals surface area contributed by atoms with Crippen LogP contribution < -0.4 is 0 Å². The van der Waals surface area contributed by atoms with E-state index in [-0.39, 0.29) is 5.92 Å². The van der Waals surface area contributed by atoms with Gasteiger partial charge in [-0.15, -0.1) is 11.6 Å². The van der Waals surface area contributed by atoms with Crippen LogP contribution >= 0.6 is 11.6 Å². The molecule has 0 bridgehead atoms. The molecule has 0 heterocycles. The van der Waals surface area contributed by atoms with Crippen molar-refractivity contribution >= 4 is 17.4 Å². The average Bonchev–Trinajstić information content (AvgIpc) is 2.47. The van der Waals surface area contributed by atoms with Gasteiger partial charge in [0, 0.05) is 18.2 Å². The summed E-state index contributed by atoms with van der Waals surface area (Å²) < 4.78 is 0. The van der Waals surface area contributed by atoms with Crippen LogP contribution in [0.4, 0.5) is 0 Å². The number of ketones is 1. The topological polar surface area (TPSA) is 37.3 Å². The maximum atomic E-state index is 12.5. The Hall–Kier alpha value is -0.0800. The van der Waals surface area contributed by atoms with Gasteiger partial charge in [-0.2, -0.15) is 0 Å². The van der Waals surface area contributed by atoms with Crippen molar-refractivity contribution in [2.75, 3.05) is 5.88 Å². The van der Waals surface area contributed by atoms with Crippen LogP contribution in [-0.4, -0.2) is 22.9 Å². The molecule has 0 aromatic heterocycles. The van der Waals surface area contributed by atoms with E-state index in [1.807, 2.05) is 0 Å². The molecule has 1 saturated carbocycles. The molecule has 1 aliphatic carbocycles. The minimum Gasteiger partial charge on any atom is -0.392 e. The lowest BCUT2D eigenvalue weighted by atomic mass is 9.63. The fourth-order valence-electron chi connectivity index (χ4n) is 4.17. The number of rotatable bonds is 10. The summed E-state index contributed by atoms with van der Waals surface area (Å²) in [7, 11) is 0. The lowest BCUT2D eigenvalue weighted by Crippen LogP contribution is -2.43. The SMILES string of the molecule is CCCCCC(O)[C@@H]1C(=O)CC[C@H](C(C)C)[C@H]1CCCCCl. The number of alkyl halides is 1. The third kappa shape index (κ3) is 5.85. The van der Waals surface area contributed by atoms with Gasteiger partial charge in [-0.25, -0.2) is 0 Å². The zero-order chi connectivity index (χ0) is 16.5. The average molecular weight is 331 g/mol. The smallest absolute Gasteiger partial charge is 0.138 e. The molecule has 2 nitrogen and oxygen atoms in total. The van der Waals surface area contributed by atoms with Gasteiger partial charge in [0.05, 0.1) is 6.10 Å². The molecule has 0 aromatic rings. The standard InChI is InChI=1S/C19H35ClO2/c1-4-5-6-10-17(21)19-16(9-7-8-13-20)15(14(2)3)11-12-18(19)22/h14-17,19,21H,4-13H2,1-3H3/t15-,16-,17?,19-/m1/s1. The van der Waals surface area contributed by atoms with Crippen LogP contribution in [0.25, 0.3) is 0 Å². The Morgan fingerprint density at radius 1 is 1.23 bits per heavy atom. The molecule has 1 rings (SSSR count). The van der Waals surface area contributed by atoms with Crippen molar-refractivity contribution in [3.05, 3.63) is 0 Å². The van der Waals surface area contributed by atoms with Crippen molar-refractivity contribution in [2.24, 2.45) is 23.7 Å². The van der Waals surface area contributed by atoms with E-state index in [0.717, 1.165) is 51.4 Å². The summed E-state index contributed by atoms with van der Waals surface area (Å²) in [5.41, 5.74) is 0. The molecule has 0 spiro atoms. The van der Waals surface area contributed by atoms with Crippen LogP contribution in [0.2, 0.25) is 0 Å². The van der Waals surface area contributed by atoms with E-state index in [1.54, 1.807) is 0 Å². The zero-order valence-corrected chi connectivity index (χ0v) is 15.4. The molecule has 1 unspecified atom stereocenters. The van der Waals surface area contributed by atoms with Crippen molar-refractivity contribution in [1.82, 2.24) is 0 Å². The zero-order valence-electron chi connectivity index (χ0n) is 14.7. The van der Waals surface area contributed by atoms with Crippen LogP contribution in [0.3, 0.4) is 0 Å². The Balaban J connectivity index is 2.77. The minimum absolute atomic E-state index is 0.131. The highest BCUT2D eigenvalue weighted by Crippen LogP contribution is 2.42. The lowest BCUT2D eigenvalue weighted by Gasteiger charge is -2.41. The Bertz CT molecular complexity index is 317. The number of hydrogen-bond donors (Lipinski definition) is 1. The molecule has 0 amide bonds. The van der Waals surface area contributed by atoms with E-state index >= 15 is 0 Å². The third-order valence-corrected chi connectivity index (χ3v) is 5.67. The summed E-state index contributed by atoms with van der Waals surface area (Å²) in [4.78, 5) is 12.5. The third-order valence-electron chi connectivity index (χ3n) is 5.40. The summed E-state index contributed by atoms with van der Waals surface area (Å²) >= 11 is 5.81. The highest BCUT2D eigenvalue weighted by Gasteiger charge is 2.42. The molecule has 3 heteroatoms. The van der Waals surface area contributed by atoms with E-state index in [1.165, 1.54) is 0 Å². The van der Waals surface area contributed by atoms with Gasteiger partial charge >= 0.3 is 0 Å². The fourth-order valence-corrected chi connectivity index (χ4v) is 4.36. The first kappa shape index (κ1) is 20.0. The number of carbonyl (C=O) groups excluding carboxylic acids is 1. The van der Waals surface area contributed by atoms with Crippen molar-refractivity contribution in [2.45, 2.75) is 84.7 Å². The maximum Gasteiger partial charge on any atom is 0.138 e. The van der Waals surface area contributed by atoms with E-state index in [4.69, 9.17) is 11.6 Å². The molecule has 0 aromatic carbocycles. The molecule has 0 saturated heterocycles. The summed E-state index contributed by atoms with van der Waals surface area (Å²) in [5, 5.41) is 10.7. The van der Waals surface area contributed by atoms with Crippen LogP contribution in [0, 0.1) is 23.7 Å². The maximum absolute atomic E-state index is 12.5. The van der Waals surface area contributed by atoms with E-state index in [2.05, 4.69) is 20.8 Å². The first-order valence-corrected chi connectivity index (χ1v) is 9.83. The summed E-state index contributed by atoms with van der Waals surface area (Å²) in [5.74, 6) is 2.36. The Morgan fingerprint density at radius 3 is 2.55 bits per heavy atom. The predicted octanol–water partition coefficient (Wildman–Crippen LogP) is 5.20. The fraction of sp³-hybridized carbons (Fsp3) is 0.947. The first-order chi connectivity index (χ1) is 10.5. The second-order valence-electron chi connectivity index (χ2n) is 7.35. The van der Waals surface area contributed by atoms with Gasteiger partial charge < -0.3 is 5.11 Å². The van der Waals surface area contributed by atoms with Crippen molar-refractivity contribution in [3.63, 3.8) is 0 Å². The monoisotopic (exact) mass is 330 g/mol. The van der Waals surface area contributed by atoms with E-state index < -0.39 is 6.10 Å². The highest BCUT2D eigenvalue weighted by atomic mass is 35.5. The number of unbranched alkanes of at least 4 members (excludes halogenated alkanes) is 3. The number of carbonyl (C=O) groups is 1. The minimum atomic E-state index is -0.443. The van der Waals surface area contributed by atoms with Crippen LogP contribution in [0.1, 0.15) is 78.6 Å².